The quantitative estimate of drug-likeness (QED) is 0.559. The van der Waals surface area contributed by atoms with Gasteiger partial charge in [0.05, 0.1) is 23.2 Å². The number of hydrazone groups is 1. The highest BCUT2D eigenvalue weighted by Crippen LogP contribution is 2.12. The van der Waals surface area contributed by atoms with Gasteiger partial charge >= 0.3 is 0 Å². The summed E-state index contributed by atoms with van der Waals surface area (Å²) in [6.45, 7) is 3.85. The molecular formula is C18H17ClN4O. The van der Waals surface area contributed by atoms with Crippen LogP contribution in [-0.2, 0) is 0 Å². The fourth-order valence-corrected chi connectivity index (χ4v) is 2.50. The number of hydrogen-bond donors (Lipinski definition) is 2. The van der Waals surface area contributed by atoms with Crippen molar-refractivity contribution in [3.8, 4) is 5.69 Å². The SMILES string of the molecule is Cc1cccc(N/N=C\c2c(C)[nH]n(-c3ccc(Cl)cc3)c2=O)c1. The van der Waals surface area contributed by atoms with Crippen molar-refractivity contribution >= 4 is 23.5 Å². The molecule has 0 aliphatic rings. The molecule has 3 rings (SSSR count). The van der Waals surface area contributed by atoms with E-state index >= 15 is 0 Å². The van der Waals surface area contributed by atoms with Crippen LogP contribution >= 0.6 is 11.6 Å². The fraction of sp³-hybridized carbons (Fsp3) is 0.111. The van der Waals surface area contributed by atoms with E-state index in [9.17, 15) is 4.79 Å². The number of H-pyrrole nitrogens is 1. The minimum Gasteiger partial charge on any atom is -0.295 e. The molecule has 2 aromatic carbocycles. The lowest BCUT2D eigenvalue weighted by Crippen LogP contribution is -2.17. The second-order valence-electron chi connectivity index (χ2n) is 5.51. The predicted molar refractivity (Wildman–Crippen MR) is 98.5 cm³/mol. The fourth-order valence-electron chi connectivity index (χ4n) is 2.37. The van der Waals surface area contributed by atoms with Gasteiger partial charge in [0.15, 0.2) is 0 Å². The van der Waals surface area contributed by atoms with E-state index in [4.69, 9.17) is 11.6 Å². The Morgan fingerprint density at radius 2 is 1.92 bits per heavy atom. The summed E-state index contributed by atoms with van der Waals surface area (Å²) in [5, 5.41) is 7.84. The molecule has 3 aromatic rings. The van der Waals surface area contributed by atoms with Crippen LogP contribution in [0.25, 0.3) is 5.69 Å². The van der Waals surface area contributed by atoms with Gasteiger partial charge in [-0.1, -0.05) is 23.7 Å². The van der Waals surface area contributed by atoms with E-state index in [2.05, 4.69) is 15.6 Å². The van der Waals surface area contributed by atoms with Gasteiger partial charge in [-0.05, 0) is 55.8 Å². The number of anilines is 1. The van der Waals surface area contributed by atoms with E-state index < -0.39 is 0 Å². The van der Waals surface area contributed by atoms with Gasteiger partial charge in [0.2, 0.25) is 0 Å². The number of nitrogens with one attached hydrogen (secondary N) is 2. The lowest BCUT2D eigenvalue weighted by Gasteiger charge is -2.00. The van der Waals surface area contributed by atoms with Crippen molar-refractivity contribution in [3.63, 3.8) is 0 Å². The smallest absolute Gasteiger partial charge is 0.280 e. The molecule has 0 bridgehead atoms. The Labute approximate surface area is 144 Å². The maximum absolute atomic E-state index is 12.6. The second-order valence-corrected chi connectivity index (χ2v) is 5.94. The van der Waals surface area contributed by atoms with Gasteiger partial charge in [-0.3, -0.25) is 15.3 Å². The molecule has 0 amide bonds. The predicted octanol–water partition coefficient (Wildman–Crippen LogP) is 3.88. The maximum atomic E-state index is 12.6. The molecule has 0 saturated carbocycles. The first-order valence-electron chi connectivity index (χ1n) is 7.48. The van der Waals surface area contributed by atoms with Crippen LogP contribution in [0.5, 0.6) is 0 Å². The molecule has 122 valence electrons. The van der Waals surface area contributed by atoms with Crippen molar-refractivity contribution in [2.75, 3.05) is 5.43 Å². The van der Waals surface area contributed by atoms with Gasteiger partial charge < -0.3 is 0 Å². The number of benzene rings is 2. The summed E-state index contributed by atoms with van der Waals surface area (Å²) < 4.78 is 1.47. The average molecular weight is 341 g/mol. The topological polar surface area (TPSA) is 62.2 Å². The number of aromatic nitrogens is 2. The Bertz CT molecular complexity index is 938. The van der Waals surface area contributed by atoms with Crippen LogP contribution in [0.2, 0.25) is 5.02 Å². The molecule has 0 aliphatic heterocycles. The number of nitrogens with zero attached hydrogens (tertiary/aromatic N) is 2. The standard InChI is InChI=1S/C18H17ClN4O/c1-12-4-3-5-15(10-12)21-20-11-17-13(2)22-23(18(17)24)16-8-6-14(19)7-9-16/h3-11,21-22H,1-2H3/b20-11-. The number of aromatic amines is 1. The minimum atomic E-state index is -0.162. The molecule has 1 heterocycles. The van der Waals surface area contributed by atoms with Gasteiger partial charge in [0.1, 0.15) is 0 Å². The van der Waals surface area contributed by atoms with Crippen molar-refractivity contribution in [3.05, 3.63) is 80.7 Å². The third-order valence-electron chi connectivity index (χ3n) is 3.61. The Morgan fingerprint density at radius 1 is 1.17 bits per heavy atom. The molecule has 5 nitrogen and oxygen atoms in total. The summed E-state index contributed by atoms with van der Waals surface area (Å²) in [5.41, 5.74) is 6.75. The van der Waals surface area contributed by atoms with E-state index in [1.54, 1.807) is 24.3 Å². The average Bonchev–Trinajstić information content (AvgIpc) is 2.84. The summed E-state index contributed by atoms with van der Waals surface area (Å²) in [6, 6.07) is 14.9. The molecule has 0 spiro atoms. The van der Waals surface area contributed by atoms with E-state index in [1.165, 1.54) is 10.9 Å². The summed E-state index contributed by atoms with van der Waals surface area (Å²) in [5.74, 6) is 0. The zero-order valence-corrected chi connectivity index (χ0v) is 14.1. The first-order chi connectivity index (χ1) is 11.5. The third-order valence-corrected chi connectivity index (χ3v) is 3.86. The van der Waals surface area contributed by atoms with Gasteiger partial charge in [-0.25, -0.2) is 4.68 Å². The van der Waals surface area contributed by atoms with Gasteiger partial charge in [0.25, 0.3) is 5.56 Å². The van der Waals surface area contributed by atoms with Crippen molar-refractivity contribution < 1.29 is 0 Å². The van der Waals surface area contributed by atoms with Crippen LogP contribution in [0.1, 0.15) is 16.8 Å². The van der Waals surface area contributed by atoms with Crippen LogP contribution in [0.3, 0.4) is 0 Å². The van der Waals surface area contributed by atoms with Crippen molar-refractivity contribution in [2.45, 2.75) is 13.8 Å². The maximum Gasteiger partial charge on any atom is 0.280 e. The van der Waals surface area contributed by atoms with Gasteiger partial charge in [0, 0.05) is 10.7 Å². The number of hydrogen-bond acceptors (Lipinski definition) is 3. The van der Waals surface area contributed by atoms with E-state index in [1.807, 2.05) is 38.1 Å². The zero-order valence-electron chi connectivity index (χ0n) is 13.4. The Morgan fingerprint density at radius 3 is 2.62 bits per heavy atom. The summed E-state index contributed by atoms with van der Waals surface area (Å²) in [7, 11) is 0. The van der Waals surface area contributed by atoms with Crippen molar-refractivity contribution in [2.24, 2.45) is 5.10 Å². The van der Waals surface area contributed by atoms with Gasteiger partial charge in [-0.15, -0.1) is 0 Å². The molecule has 2 N–H and O–H groups in total. The van der Waals surface area contributed by atoms with Gasteiger partial charge in [-0.2, -0.15) is 5.10 Å². The zero-order chi connectivity index (χ0) is 17.1. The molecule has 0 atom stereocenters. The third kappa shape index (κ3) is 3.41. The van der Waals surface area contributed by atoms with Crippen LogP contribution in [-0.4, -0.2) is 16.0 Å². The molecule has 24 heavy (non-hydrogen) atoms. The molecule has 0 fully saturated rings. The van der Waals surface area contributed by atoms with Crippen LogP contribution in [0.4, 0.5) is 5.69 Å². The molecule has 1 aromatic heterocycles. The van der Waals surface area contributed by atoms with Crippen molar-refractivity contribution in [1.29, 1.82) is 0 Å². The van der Waals surface area contributed by atoms with E-state index in [-0.39, 0.29) is 5.56 Å². The highest BCUT2D eigenvalue weighted by Gasteiger charge is 2.10. The highest BCUT2D eigenvalue weighted by molar-refractivity contribution is 6.30. The second kappa shape index (κ2) is 6.76. The highest BCUT2D eigenvalue weighted by atomic mass is 35.5. The summed E-state index contributed by atoms with van der Waals surface area (Å²) in [6.07, 6.45) is 1.53. The summed E-state index contributed by atoms with van der Waals surface area (Å²) in [4.78, 5) is 12.6. The Balaban J connectivity index is 1.85. The Kier molecular flexibility index (Phi) is 4.53. The lowest BCUT2D eigenvalue weighted by atomic mass is 10.2. The van der Waals surface area contributed by atoms with Crippen LogP contribution in [0, 0.1) is 13.8 Å². The Hall–Kier alpha value is -2.79. The van der Waals surface area contributed by atoms with Crippen molar-refractivity contribution in [1.82, 2.24) is 9.78 Å². The number of rotatable bonds is 4. The largest absolute Gasteiger partial charge is 0.295 e. The molecule has 6 heteroatoms. The minimum absolute atomic E-state index is 0.162. The first-order valence-corrected chi connectivity index (χ1v) is 7.86. The molecular weight excluding hydrogens is 324 g/mol. The van der Waals surface area contributed by atoms with Crippen LogP contribution in [0.15, 0.2) is 58.4 Å². The number of aryl methyl sites for hydroxylation is 2. The monoisotopic (exact) mass is 340 g/mol. The molecule has 0 saturated heterocycles. The lowest BCUT2D eigenvalue weighted by molar-refractivity contribution is 0.835. The first kappa shape index (κ1) is 16.1. The molecule has 0 aliphatic carbocycles. The van der Waals surface area contributed by atoms with E-state index in [0.29, 0.717) is 10.6 Å². The summed E-state index contributed by atoms with van der Waals surface area (Å²) >= 11 is 5.89. The molecule has 0 unspecified atom stereocenters. The number of halogens is 1. The van der Waals surface area contributed by atoms with Crippen LogP contribution < -0.4 is 11.0 Å². The molecule has 0 radical (unpaired) electrons. The van der Waals surface area contributed by atoms with E-state index in [0.717, 1.165) is 22.6 Å². The normalized spacial score (nSPS) is 11.1.